The highest BCUT2D eigenvalue weighted by Gasteiger charge is 2.50. The molecule has 0 bridgehead atoms. The maximum atomic E-state index is 14.9. The lowest BCUT2D eigenvalue weighted by Crippen LogP contribution is -2.41. The third kappa shape index (κ3) is 4.36. The zero-order chi connectivity index (χ0) is 22.8. The fraction of sp³-hybridized carbons (Fsp3) is 0.292. The Morgan fingerprint density at radius 1 is 1.06 bits per heavy atom. The Morgan fingerprint density at radius 2 is 1.78 bits per heavy atom. The normalized spacial score (nSPS) is 21.3. The molecule has 0 saturated heterocycles. The molecule has 1 aliphatic rings. The van der Waals surface area contributed by atoms with Crippen LogP contribution >= 0.6 is 11.6 Å². The van der Waals surface area contributed by atoms with E-state index in [1.807, 2.05) is 0 Å². The first-order valence-corrected chi connectivity index (χ1v) is 12.2. The van der Waals surface area contributed by atoms with Gasteiger partial charge < -0.3 is 4.74 Å². The van der Waals surface area contributed by atoms with E-state index >= 15 is 0 Å². The summed E-state index contributed by atoms with van der Waals surface area (Å²) in [4.78, 5) is 4.05. The highest BCUT2D eigenvalue weighted by Crippen LogP contribution is 2.49. The van der Waals surface area contributed by atoms with Crippen LogP contribution in [0, 0.1) is 17.6 Å². The average molecular weight is 478 g/mol. The molecule has 0 unspecified atom stereocenters. The molecular weight excluding hydrogens is 456 g/mol. The van der Waals surface area contributed by atoms with Crippen LogP contribution in [0.4, 0.5) is 8.78 Å². The van der Waals surface area contributed by atoms with Crippen LogP contribution in [0.3, 0.4) is 0 Å². The Bertz CT molecular complexity index is 1180. The number of benzene rings is 2. The summed E-state index contributed by atoms with van der Waals surface area (Å²) in [5.74, 6) is -0.683. The van der Waals surface area contributed by atoms with Gasteiger partial charge in [-0.3, -0.25) is 4.98 Å². The molecule has 4 nitrogen and oxygen atoms in total. The van der Waals surface area contributed by atoms with Gasteiger partial charge in [0, 0.05) is 16.8 Å². The minimum atomic E-state index is -4.04. The molecule has 1 fully saturated rings. The van der Waals surface area contributed by atoms with Crippen LogP contribution < -0.4 is 4.74 Å². The van der Waals surface area contributed by atoms with Gasteiger partial charge in [-0.1, -0.05) is 11.6 Å². The number of rotatable bonds is 6. The van der Waals surface area contributed by atoms with E-state index in [1.54, 1.807) is 24.5 Å². The quantitative estimate of drug-likeness (QED) is 0.440. The predicted octanol–water partition coefficient (Wildman–Crippen LogP) is 5.95. The van der Waals surface area contributed by atoms with Gasteiger partial charge in [-0.2, -0.15) is 0 Å². The number of pyridine rings is 1. The number of ether oxygens (including phenoxy) is 1. The zero-order valence-corrected chi connectivity index (χ0v) is 18.8. The van der Waals surface area contributed by atoms with E-state index in [-0.39, 0.29) is 29.2 Å². The summed E-state index contributed by atoms with van der Waals surface area (Å²) in [5.41, 5.74) is -0.126. The van der Waals surface area contributed by atoms with Gasteiger partial charge in [-0.15, -0.1) is 0 Å². The van der Waals surface area contributed by atoms with Crippen molar-refractivity contribution >= 4 is 21.4 Å². The van der Waals surface area contributed by atoms with Crippen molar-refractivity contribution in [3.8, 4) is 5.75 Å². The largest absolute Gasteiger partial charge is 0.492 e. The average Bonchev–Trinajstić information content (AvgIpc) is 2.80. The smallest absolute Gasteiger partial charge is 0.188 e. The Morgan fingerprint density at radius 3 is 2.44 bits per heavy atom. The number of sulfone groups is 1. The standard InChI is InChI=1S/C24H22ClF2NO3S/c25-18-3-6-21(7-4-18)32(29,30)24(22-14-19(26)5-8-23(22)27)11-9-17(10-12-24)16-31-20-2-1-13-28-15-20/h1-8,13-15,17H,9-12,16H2/t17-,24+. The number of hydrogen-bond acceptors (Lipinski definition) is 4. The van der Waals surface area contributed by atoms with Crippen LogP contribution in [-0.4, -0.2) is 20.0 Å². The van der Waals surface area contributed by atoms with Crippen molar-refractivity contribution in [3.05, 3.63) is 89.2 Å². The minimum Gasteiger partial charge on any atom is -0.492 e. The Kier molecular flexibility index (Phi) is 6.49. The van der Waals surface area contributed by atoms with E-state index < -0.39 is 26.2 Å². The number of halogens is 3. The fourth-order valence-electron chi connectivity index (χ4n) is 4.33. The molecule has 168 valence electrons. The van der Waals surface area contributed by atoms with Crippen LogP contribution in [0.5, 0.6) is 5.75 Å². The minimum absolute atomic E-state index is 0.0376. The second-order valence-electron chi connectivity index (χ2n) is 8.02. The molecule has 32 heavy (non-hydrogen) atoms. The molecule has 0 aliphatic heterocycles. The molecule has 1 saturated carbocycles. The van der Waals surface area contributed by atoms with E-state index in [1.165, 1.54) is 24.3 Å². The fourth-order valence-corrected chi connectivity index (χ4v) is 6.62. The van der Waals surface area contributed by atoms with E-state index in [2.05, 4.69) is 4.98 Å². The molecule has 0 radical (unpaired) electrons. The van der Waals surface area contributed by atoms with Crippen molar-refractivity contribution in [2.24, 2.45) is 5.92 Å². The van der Waals surface area contributed by atoms with Gasteiger partial charge in [-0.05, 0) is 86.2 Å². The van der Waals surface area contributed by atoms with Gasteiger partial charge in [-0.25, -0.2) is 17.2 Å². The summed E-state index contributed by atoms with van der Waals surface area (Å²) < 4.78 is 60.8. The third-order valence-electron chi connectivity index (χ3n) is 6.09. The Balaban J connectivity index is 1.66. The molecule has 0 N–H and O–H groups in total. The van der Waals surface area contributed by atoms with Crippen molar-refractivity contribution in [2.75, 3.05) is 6.61 Å². The molecule has 3 aromatic rings. The first-order chi connectivity index (χ1) is 15.3. The second-order valence-corrected chi connectivity index (χ2v) is 10.7. The van der Waals surface area contributed by atoms with Crippen LogP contribution in [-0.2, 0) is 14.6 Å². The summed E-state index contributed by atoms with van der Waals surface area (Å²) in [6, 6.07) is 12.3. The summed E-state index contributed by atoms with van der Waals surface area (Å²) >= 11 is 5.93. The first-order valence-electron chi connectivity index (χ1n) is 10.3. The number of hydrogen-bond donors (Lipinski definition) is 0. The molecule has 0 amide bonds. The summed E-state index contributed by atoms with van der Waals surface area (Å²) in [6.45, 7) is 0.397. The molecule has 4 rings (SSSR count). The van der Waals surface area contributed by atoms with Gasteiger partial charge in [0.05, 0.1) is 17.7 Å². The number of nitrogens with zero attached hydrogens (tertiary/aromatic N) is 1. The van der Waals surface area contributed by atoms with Crippen molar-refractivity contribution in [3.63, 3.8) is 0 Å². The van der Waals surface area contributed by atoms with Crippen molar-refractivity contribution < 1.29 is 21.9 Å². The lowest BCUT2D eigenvalue weighted by Gasteiger charge is -2.40. The van der Waals surface area contributed by atoms with Crippen molar-refractivity contribution in [1.29, 1.82) is 0 Å². The maximum Gasteiger partial charge on any atom is 0.188 e. The Hall–Kier alpha value is -2.51. The molecule has 0 spiro atoms. The lowest BCUT2D eigenvalue weighted by molar-refractivity contribution is 0.188. The molecule has 1 heterocycles. The van der Waals surface area contributed by atoms with Crippen LogP contribution in [0.2, 0.25) is 5.02 Å². The summed E-state index contributed by atoms with van der Waals surface area (Å²) in [6.07, 6.45) is 4.54. The van der Waals surface area contributed by atoms with Crippen LogP contribution in [0.25, 0.3) is 0 Å². The summed E-state index contributed by atoms with van der Waals surface area (Å²) in [7, 11) is -4.04. The Labute approximate surface area is 191 Å². The topological polar surface area (TPSA) is 56.3 Å². The highest BCUT2D eigenvalue weighted by atomic mass is 35.5. The van der Waals surface area contributed by atoms with E-state index in [4.69, 9.17) is 16.3 Å². The van der Waals surface area contributed by atoms with Gasteiger partial charge in [0.15, 0.2) is 9.84 Å². The zero-order valence-electron chi connectivity index (χ0n) is 17.2. The predicted molar refractivity (Wildman–Crippen MR) is 118 cm³/mol. The number of aromatic nitrogens is 1. The van der Waals surface area contributed by atoms with Gasteiger partial charge in [0.25, 0.3) is 0 Å². The monoisotopic (exact) mass is 477 g/mol. The van der Waals surface area contributed by atoms with Crippen molar-refractivity contribution in [1.82, 2.24) is 4.98 Å². The van der Waals surface area contributed by atoms with Gasteiger partial charge in [0.1, 0.15) is 22.1 Å². The van der Waals surface area contributed by atoms with E-state index in [0.29, 0.717) is 30.2 Å². The van der Waals surface area contributed by atoms with Crippen molar-refractivity contribution in [2.45, 2.75) is 35.3 Å². The first kappa shape index (κ1) is 22.7. The SMILES string of the molecule is O=S(=O)(c1ccc(Cl)cc1)[C@]1(c2cc(F)ccc2F)CC[C@H](COc2cccnc2)CC1. The van der Waals surface area contributed by atoms with Gasteiger partial charge in [0.2, 0.25) is 0 Å². The summed E-state index contributed by atoms with van der Waals surface area (Å²) in [5, 5.41) is 0.395. The van der Waals surface area contributed by atoms with Gasteiger partial charge >= 0.3 is 0 Å². The highest BCUT2D eigenvalue weighted by molar-refractivity contribution is 7.92. The molecule has 8 heteroatoms. The van der Waals surface area contributed by atoms with Crippen LogP contribution in [0.1, 0.15) is 31.2 Å². The van der Waals surface area contributed by atoms with E-state index in [9.17, 15) is 17.2 Å². The molecule has 1 aromatic heterocycles. The molecule has 0 atom stereocenters. The maximum absolute atomic E-state index is 14.9. The lowest BCUT2D eigenvalue weighted by atomic mass is 9.78. The third-order valence-corrected chi connectivity index (χ3v) is 8.89. The van der Waals surface area contributed by atoms with E-state index in [0.717, 1.165) is 18.2 Å². The van der Waals surface area contributed by atoms with Crippen LogP contribution in [0.15, 0.2) is 71.9 Å². The molecular formula is C24H22ClF2NO3S. The molecule has 1 aliphatic carbocycles. The second kappa shape index (κ2) is 9.16. The molecule has 2 aromatic carbocycles.